The van der Waals surface area contributed by atoms with Crippen LogP contribution in [0.5, 0.6) is 0 Å². The Morgan fingerprint density at radius 3 is 2.14 bits per heavy atom. The first kappa shape index (κ1) is 11.8. The van der Waals surface area contributed by atoms with Crippen molar-refractivity contribution < 1.29 is 9.90 Å². The number of hydrogen-bond acceptors (Lipinski definition) is 3. The van der Waals surface area contributed by atoms with Gasteiger partial charge in [0.1, 0.15) is 0 Å². The van der Waals surface area contributed by atoms with Crippen molar-refractivity contribution in [3.05, 3.63) is 0 Å². The molecular formula is C9H17ClN2O2. The molecule has 14 heavy (non-hydrogen) atoms. The molecule has 4 nitrogen and oxygen atoms in total. The number of halogens is 1. The lowest BCUT2D eigenvalue weighted by Crippen LogP contribution is -2.44. The van der Waals surface area contributed by atoms with Gasteiger partial charge in [0.2, 0.25) is 0 Å². The Balaban J connectivity index is 2.39. The predicted molar refractivity (Wildman–Crippen MR) is 54.9 cm³/mol. The van der Waals surface area contributed by atoms with Crippen molar-refractivity contribution in [1.29, 1.82) is 0 Å². The zero-order valence-corrected chi connectivity index (χ0v) is 8.78. The summed E-state index contributed by atoms with van der Waals surface area (Å²) in [4.78, 5) is 10.7. The number of hydrogen-bond donors (Lipinski definition) is 3. The summed E-state index contributed by atoms with van der Waals surface area (Å²) >= 11 is 5.70. The van der Waals surface area contributed by atoms with Crippen molar-refractivity contribution in [2.75, 3.05) is 0 Å². The van der Waals surface area contributed by atoms with Crippen LogP contribution in [0.3, 0.4) is 0 Å². The van der Waals surface area contributed by atoms with Gasteiger partial charge in [-0.25, -0.2) is 0 Å². The molecule has 0 bridgehead atoms. The normalized spacial score (nSPS) is 32.2. The highest BCUT2D eigenvalue weighted by molar-refractivity contribution is 6.20. The van der Waals surface area contributed by atoms with E-state index in [1.807, 2.05) is 0 Å². The lowest BCUT2D eigenvalue weighted by atomic mass is 9.79. The fraction of sp³-hybridized carbons (Fsp3) is 0.889. The first-order valence-corrected chi connectivity index (χ1v) is 5.34. The van der Waals surface area contributed by atoms with E-state index in [2.05, 4.69) is 0 Å². The van der Waals surface area contributed by atoms with Crippen LogP contribution in [0, 0.1) is 11.8 Å². The van der Waals surface area contributed by atoms with Crippen LogP contribution in [-0.4, -0.2) is 22.6 Å². The second kappa shape index (κ2) is 4.96. The highest BCUT2D eigenvalue weighted by Crippen LogP contribution is 2.31. The lowest BCUT2D eigenvalue weighted by molar-refractivity contribution is -0.143. The summed E-state index contributed by atoms with van der Waals surface area (Å²) in [6, 6.07) is -0.216. The van der Waals surface area contributed by atoms with E-state index in [9.17, 15) is 4.79 Å². The number of aliphatic carboxylic acids is 1. The number of carboxylic acids is 1. The number of alkyl halides is 1. The predicted octanol–water partition coefficient (Wildman–Crippen LogP) is 0.728. The monoisotopic (exact) mass is 220 g/mol. The minimum absolute atomic E-state index is 0.204. The van der Waals surface area contributed by atoms with Crippen LogP contribution in [0.4, 0.5) is 0 Å². The van der Waals surface area contributed by atoms with Crippen molar-refractivity contribution in [2.45, 2.75) is 37.2 Å². The molecule has 1 aliphatic carbocycles. The largest absolute Gasteiger partial charge is 0.481 e. The summed E-state index contributed by atoms with van der Waals surface area (Å²) in [7, 11) is 0. The minimum Gasteiger partial charge on any atom is -0.481 e. The zero-order chi connectivity index (χ0) is 10.7. The highest BCUT2D eigenvalue weighted by atomic mass is 35.5. The summed E-state index contributed by atoms with van der Waals surface area (Å²) in [6.07, 6.45) is 3.02. The van der Waals surface area contributed by atoms with Crippen LogP contribution in [-0.2, 0) is 4.79 Å². The standard InChI is InChI=1S/C9H17ClN2O2/c10-8(12)7(11)5-1-3-6(4-2-5)9(13)14/h5-8H,1-4,11-12H2,(H,13,14). The van der Waals surface area contributed by atoms with Gasteiger partial charge in [0.05, 0.1) is 11.4 Å². The fourth-order valence-electron chi connectivity index (χ4n) is 2.01. The topological polar surface area (TPSA) is 89.3 Å². The number of carboxylic acid groups (broad SMARTS) is 1. The van der Waals surface area contributed by atoms with E-state index in [-0.39, 0.29) is 17.9 Å². The second-order valence-corrected chi connectivity index (χ2v) is 4.48. The summed E-state index contributed by atoms with van der Waals surface area (Å²) in [5.41, 5.74) is 10.8. The van der Waals surface area contributed by atoms with Crippen LogP contribution < -0.4 is 11.5 Å². The second-order valence-electron chi connectivity index (χ2n) is 3.97. The molecule has 82 valence electrons. The molecule has 1 saturated carbocycles. The molecule has 2 atom stereocenters. The number of nitrogens with two attached hydrogens (primary N) is 2. The molecule has 0 spiro atoms. The first-order valence-electron chi connectivity index (χ1n) is 4.90. The number of carbonyl (C=O) groups is 1. The van der Waals surface area contributed by atoms with Crippen LogP contribution in [0.25, 0.3) is 0 Å². The Kier molecular flexibility index (Phi) is 4.16. The van der Waals surface area contributed by atoms with Crippen LogP contribution in [0.15, 0.2) is 0 Å². The molecule has 1 fully saturated rings. The van der Waals surface area contributed by atoms with Crippen molar-refractivity contribution in [2.24, 2.45) is 23.3 Å². The Bertz CT molecular complexity index is 203. The Labute approximate surface area is 88.6 Å². The Morgan fingerprint density at radius 1 is 1.29 bits per heavy atom. The molecule has 0 aromatic rings. The van der Waals surface area contributed by atoms with Crippen molar-refractivity contribution in [3.8, 4) is 0 Å². The van der Waals surface area contributed by atoms with E-state index >= 15 is 0 Å². The molecule has 0 amide bonds. The third-order valence-electron chi connectivity index (χ3n) is 3.03. The van der Waals surface area contributed by atoms with Gasteiger partial charge in [-0.15, -0.1) is 11.6 Å². The molecule has 1 rings (SSSR count). The number of rotatable bonds is 3. The van der Waals surface area contributed by atoms with Gasteiger partial charge in [-0.1, -0.05) is 0 Å². The molecule has 0 radical (unpaired) electrons. The maximum Gasteiger partial charge on any atom is 0.306 e. The molecule has 5 N–H and O–H groups in total. The van der Waals surface area contributed by atoms with Gasteiger partial charge in [0.15, 0.2) is 0 Å². The Hall–Kier alpha value is -0.320. The van der Waals surface area contributed by atoms with Gasteiger partial charge in [0.25, 0.3) is 0 Å². The quantitative estimate of drug-likeness (QED) is 0.483. The van der Waals surface area contributed by atoms with Gasteiger partial charge in [-0.3, -0.25) is 4.79 Å². The van der Waals surface area contributed by atoms with E-state index in [1.54, 1.807) is 0 Å². The smallest absolute Gasteiger partial charge is 0.306 e. The summed E-state index contributed by atoms with van der Waals surface area (Å²) in [6.45, 7) is 0. The van der Waals surface area contributed by atoms with Crippen molar-refractivity contribution in [1.82, 2.24) is 0 Å². The molecule has 2 unspecified atom stereocenters. The fourth-order valence-corrected chi connectivity index (χ4v) is 2.22. The highest BCUT2D eigenvalue weighted by Gasteiger charge is 2.30. The van der Waals surface area contributed by atoms with Crippen molar-refractivity contribution >= 4 is 17.6 Å². The van der Waals surface area contributed by atoms with E-state index in [0.717, 1.165) is 12.8 Å². The van der Waals surface area contributed by atoms with Crippen LogP contribution in [0.2, 0.25) is 0 Å². The summed E-state index contributed by atoms with van der Waals surface area (Å²) < 4.78 is 0. The van der Waals surface area contributed by atoms with Gasteiger partial charge in [-0.05, 0) is 31.6 Å². The van der Waals surface area contributed by atoms with Gasteiger partial charge in [-0.2, -0.15) is 0 Å². The Morgan fingerprint density at radius 2 is 1.79 bits per heavy atom. The van der Waals surface area contributed by atoms with Gasteiger partial charge >= 0.3 is 5.97 Å². The summed E-state index contributed by atoms with van der Waals surface area (Å²) in [5, 5.41) is 8.79. The van der Waals surface area contributed by atoms with Crippen LogP contribution >= 0.6 is 11.6 Å². The average Bonchev–Trinajstić information content (AvgIpc) is 2.16. The van der Waals surface area contributed by atoms with E-state index in [1.165, 1.54) is 0 Å². The molecule has 0 aromatic heterocycles. The molecule has 1 aliphatic rings. The van der Waals surface area contributed by atoms with Crippen molar-refractivity contribution in [3.63, 3.8) is 0 Å². The van der Waals surface area contributed by atoms with Gasteiger partial charge in [0, 0.05) is 6.04 Å². The third-order valence-corrected chi connectivity index (χ3v) is 3.32. The molecule has 0 aliphatic heterocycles. The SMILES string of the molecule is NC(Cl)C(N)C1CCC(C(=O)O)CC1. The lowest BCUT2D eigenvalue weighted by Gasteiger charge is -2.31. The maximum absolute atomic E-state index is 10.7. The van der Waals surface area contributed by atoms with E-state index in [4.69, 9.17) is 28.2 Å². The molecule has 0 saturated heterocycles. The van der Waals surface area contributed by atoms with E-state index < -0.39 is 11.5 Å². The molecule has 5 heteroatoms. The molecule has 0 heterocycles. The minimum atomic E-state index is -0.702. The third kappa shape index (κ3) is 2.83. The van der Waals surface area contributed by atoms with Crippen LogP contribution in [0.1, 0.15) is 25.7 Å². The zero-order valence-electron chi connectivity index (χ0n) is 8.03. The summed E-state index contributed by atoms with van der Waals surface area (Å²) in [5.74, 6) is -0.629. The molecule has 0 aromatic carbocycles. The van der Waals surface area contributed by atoms with Gasteiger partial charge < -0.3 is 16.6 Å². The average molecular weight is 221 g/mol. The van der Waals surface area contributed by atoms with E-state index in [0.29, 0.717) is 12.8 Å². The molecular weight excluding hydrogens is 204 g/mol. The first-order chi connectivity index (χ1) is 6.52. The maximum atomic E-state index is 10.7.